The first-order valence-electron chi connectivity index (χ1n) is 9.75. The molecule has 0 spiro atoms. The van der Waals surface area contributed by atoms with Crippen molar-refractivity contribution in [2.75, 3.05) is 26.6 Å². The summed E-state index contributed by atoms with van der Waals surface area (Å²) >= 11 is 0. The van der Waals surface area contributed by atoms with Gasteiger partial charge in [-0.15, -0.1) is 0 Å². The average Bonchev–Trinajstić information content (AvgIpc) is 3.20. The van der Waals surface area contributed by atoms with Gasteiger partial charge in [0.25, 0.3) is 0 Å². The third-order valence-electron chi connectivity index (χ3n) is 4.31. The molecule has 0 bridgehead atoms. The average molecular weight is 398 g/mol. The molecule has 6 nitrogen and oxygen atoms in total. The van der Waals surface area contributed by atoms with E-state index >= 15 is 0 Å². The number of benzene rings is 2. The van der Waals surface area contributed by atoms with E-state index in [0.717, 1.165) is 28.4 Å². The molecule has 29 heavy (non-hydrogen) atoms. The Labute approximate surface area is 171 Å². The van der Waals surface area contributed by atoms with Crippen LogP contribution >= 0.6 is 0 Å². The molecule has 0 radical (unpaired) electrons. The summed E-state index contributed by atoms with van der Waals surface area (Å²) in [6, 6.07) is 13.4. The summed E-state index contributed by atoms with van der Waals surface area (Å²) in [5.41, 5.74) is 2.01. The van der Waals surface area contributed by atoms with Crippen LogP contribution in [0.1, 0.15) is 25.0 Å². The fraction of sp³-hybridized carbons (Fsp3) is 0.348. The molecule has 0 aromatic heterocycles. The molecule has 3 rings (SSSR count). The van der Waals surface area contributed by atoms with Crippen molar-refractivity contribution in [2.24, 2.45) is 0 Å². The lowest BCUT2D eigenvalue weighted by molar-refractivity contribution is -0.156. The first-order valence-corrected chi connectivity index (χ1v) is 9.75. The summed E-state index contributed by atoms with van der Waals surface area (Å²) in [6.45, 7) is 5.16. The predicted molar refractivity (Wildman–Crippen MR) is 109 cm³/mol. The zero-order valence-electron chi connectivity index (χ0n) is 16.8. The van der Waals surface area contributed by atoms with Gasteiger partial charge in [-0.2, -0.15) is 0 Å². The molecule has 154 valence electrons. The number of ether oxygens (including phenoxy) is 5. The minimum atomic E-state index is -0.587. The summed E-state index contributed by atoms with van der Waals surface area (Å²) in [7, 11) is 0. The van der Waals surface area contributed by atoms with Crippen LogP contribution in [0.15, 0.2) is 48.5 Å². The number of carbonyl (C=O) groups excluding carboxylic acids is 1. The molecular weight excluding hydrogens is 372 g/mol. The number of esters is 1. The van der Waals surface area contributed by atoms with Crippen LogP contribution in [0, 0.1) is 0 Å². The second kappa shape index (κ2) is 10.5. The van der Waals surface area contributed by atoms with Crippen molar-refractivity contribution >= 4 is 12.0 Å². The monoisotopic (exact) mass is 398 g/mol. The van der Waals surface area contributed by atoms with Crippen molar-refractivity contribution in [1.82, 2.24) is 0 Å². The lowest BCUT2D eigenvalue weighted by Gasteiger charge is -2.15. The fourth-order valence-corrected chi connectivity index (χ4v) is 2.93. The lowest BCUT2D eigenvalue weighted by Crippen LogP contribution is -2.28. The second-order valence-electron chi connectivity index (χ2n) is 6.37. The number of rotatable bonds is 10. The van der Waals surface area contributed by atoms with Gasteiger partial charge < -0.3 is 23.7 Å². The Morgan fingerprint density at radius 2 is 1.86 bits per heavy atom. The molecule has 0 saturated carbocycles. The van der Waals surface area contributed by atoms with Crippen molar-refractivity contribution in [2.45, 2.75) is 26.4 Å². The zero-order chi connectivity index (χ0) is 20.5. The van der Waals surface area contributed by atoms with Gasteiger partial charge in [0, 0.05) is 13.0 Å². The first kappa shape index (κ1) is 20.7. The van der Waals surface area contributed by atoms with Gasteiger partial charge in [-0.25, -0.2) is 4.79 Å². The molecule has 6 heteroatoms. The maximum Gasteiger partial charge on any atom is 0.335 e. The number of hydrogen-bond donors (Lipinski definition) is 0. The Balaban J connectivity index is 1.49. The standard InChI is InChI=1S/C23H26O6/c1-3-25-22(23(24)26-4-2)15-18-7-10-19(11-8-18)27-13-5-6-17-9-12-20-21(14-17)29-16-28-20/h5-12,14,22H,3-4,13,15-16H2,1-2H3/t22-/m0/s1. The molecule has 1 aliphatic rings. The van der Waals surface area contributed by atoms with E-state index in [9.17, 15) is 4.79 Å². The summed E-state index contributed by atoms with van der Waals surface area (Å²) in [5.74, 6) is 1.96. The SMILES string of the molecule is CCOC(=O)[C@H](Cc1ccc(OCC=Cc2ccc3c(c2)OCO3)cc1)OCC. The summed E-state index contributed by atoms with van der Waals surface area (Å²) < 4.78 is 27.0. The van der Waals surface area contributed by atoms with E-state index in [4.69, 9.17) is 23.7 Å². The van der Waals surface area contributed by atoms with Gasteiger partial charge in [0.2, 0.25) is 6.79 Å². The van der Waals surface area contributed by atoms with Gasteiger partial charge >= 0.3 is 5.97 Å². The highest BCUT2D eigenvalue weighted by molar-refractivity contribution is 5.75. The van der Waals surface area contributed by atoms with E-state index in [1.165, 1.54) is 0 Å². The maximum absolute atomic E-state index is 12.0. The van der Waals surface area contributed by atoms with Gasteiger partial charge in [0.05, 0.1) is 6.61 Å². The maximum atomic E-state index is 12.0. The molecule has 0 N–H and O–H groups in total. The Morgan fingerprint density at radius 3 is 2.62 bits per heavy atom. The van der Waals surface area contributed by atoms with Gasteiger partial charge in [-0.1, -0.05) is 24.3 Å². The molecule has 0 saturated heterocycles. The van der Waals surface area contributed by atoms with Crippen LogP contribution in [-0.2, 0) is 20.7 Å². The number of carbonyl (C=O) groups is 1. The molecule has 1 atom stereocenters. The van der Waals surface area contributed by atoms with Crippen molar-refractivity contribution in [3.63, 3.8) is 0 Å². The van der Waals surface area contributed by atoms with Crippen molar-refractivity contribution < 1.29 is 28.5 Å². The quantitative estimate of drug-likeness (QED) is 0.564. The molecule has 0 aliphatic carbocycles. The van der Waals surface area contributed by atoms with E-state index in [1.54, 1.807) is 6.92 Å². The van der Waals surface area contributed by atoms with Crippen LogP contribution in [0.4, 0.5) is 0 Å². The Hall–Kier alpha value is -2.99. The second-order valence-corrected chi connectivity index (χ2v) is 6.37. The van der Waals surface area contributed by atoms with Gasteiger partial charge in [0.15, 0.2) is 17.6 Å². The highest BCUT2D eigenvalue weighted by Gasteiger charge is 2.20. The normalized spacial score (nSPS) is 13.4. The minimum Gasteiger partial charge on any atom is -0.490 e. The third kappa shape index (κ3) is 5.99. The molecule has 0 amide bonds. The number of fused-ring (bicyclic) bond motifs is 1. The minimum absolute atomic E-state index is 0.271. The third-order valence-corrected chi connectivity index (χ3v) is 4.31. The topological polar surface area (TPSA) is 63.2 Å². The van der Waals surface area contributed by atoms with Crippen molar-refractivity contribution in [3.05, 3.63) is 59.7 Å². The molecule has 0 unspecified atom stereocenters. The van der Waals surface area contributed by atoms with Gasteiger partial charge in [-0.3, -0.25) is 0 Å². The van der Waals surface area contributed by atoms with Gasteiger partial charge in [-0.05, 0) is 55.3 Å². The smallest absolute Gasteiger partial charge is 0.335 e. The Bertz CT molecular complexity index is 828. The van der Waals surface area contributed by atoms with Crippen LogP contribution in [0.25, 0.3) is 6.08 Å². The van der Waals surface area contributed by atoms with E-state index < -0.39 is 6.10 Å². The molecule has 2 aromatic rings. The molecule has 1 heterocycles. The highest BCUT2D eigenvalue weighted by atomic mass is 16.7. The van der Waals surface area contributed by atoms with Crippen LogP contribution in [0.3, 0.4) is 0 Å². The highest BCUT2D eigenvalue weighted by Crippen LogP contribution is 2.32. The molecule has 0 fully saturated rings. The summed E-state index contributed by atoms with van der Waals surface area (Å²) in [4.78, 5) is 12.0. The predicted octanol–water partition coefficient (Wildman–Crippen LogP) is 4.02. The van der Waals surface area contributed by atoms with E-state index in [2.05, 4.69) is 0 Å². The van der Waals surface area contributed by atoms with E-state index in [1.807, 2.05) is 61.5 Å². The van der Waals surface area contributed by atoms with Crippen LogP contribution in [0.5, 0.6) is 17.2 Å². The summed E-state index contributed by atoms with van der Waals surface area (Å²) in [6.07, 6.45) is 3.80. The first-order chi connectivity index (χ1) is 14.2. The Morgan fingerprint density at radius 1 is 1.07 bits per heavy atom. The summed E-state index contributed by atoms with van der Waals surface area (Å²) in [5, 5.41) is 0. The van der Waals surface area contributed by atoms with E-state index in [0.29, 0.717) is 26.2 Å². The molecule has 2 aromatic carbocycles. The van der Waals surface area contributed by atoms with Crippen LogP contribution in [0.2, 0.25) is 0 Å². The van der Waals surface area contributed by atoms with Crippen molar-refractivity contribution in [1.29, 1.82) is 0 Å². The van der Waals surface area contributed by atoms with Crippen molar-refractivity contribution in [3.8, 4) is 17.2 Å². The van der Waals surface area contributed by atoms with Crippen LogP contribution in [-0.4, -0.2) is 38.7 Å². The largest absolute Gasteiger partial charge is 0.490 e. The fourth-order valence-electron chi connectivity index (χ4n) is 2.93. The number of hydrogen-bond acceptors (Lipinski definition) is 6. The van der Waals surface area contributed by atoms with E-state index in [-0.39, 0.29) is 12.8 Å². The van der Waals surface area contributed by atoms with Crippen LogP contribution < -0.4 is 14.2 Å². The molecule has 1 aliphatic heterocycles. The van der Waals surface area contributed by atoms with Gasteiger partial charge in [0.1, 0.15) is 12.4 Å². The lowest BCUT2D eigenvalue weighted by atomic mass is 10.1. The molecular formula is C23H26O6. The Kier molecular flexibility index (Phi) is 7.53. The zero-order valence-corrected chi connectivity index (χ0v) is 16.8.